The lowest BCUT2D eigenvalue weighted by atomic mass is 9.96. The summed E-state index contributed by atoms with van der Waals surface area (Å²) in [6.07, 6.45) is 6.19. The second kappa shape index (κ2) is 9.71. The molecule has 160 valence electrons. The van der Waals surface area contributed by atoms with Crippen LogP contribution in [-0.4, -0.2) is 55.6 Å². The van der Waals surface area contributed by atoms with Crippen LogP contribution in [-0.2, 0) is 26.0 Å². The standard InChI is InChI=1S/C21H31N3O4S/c22-21(26)18-11-15-23(16-12-18)20(25)10-7-17-5-8-19(9-6-17)29(27,28)24-13-3-1-2-4-14-24/h5-6,8-9,18H,1-4,7,10-16H2,(H2,22,26). The summed E-state index contributed by atoms with van der Waals surface area (Å²) >= 11 is 0. The maximum Gasteiger partial charge on any atom is 0.243 e. The van der Waals surface area contributed by atoms with Crippen molar-refractivity contribution in [2.75, 3.05) is 26.2 Å². The first kappa shape index (κ1) is 21.8. The number of carbonyl (C=O) groups excluding carboxylic acids is 2. The van der Waals surface area contributed by atoms with Gasteiger partial charge in [0.25, 0.3) is 0 Å². The van der Waals surface area contributed by atoms with Crippen molar-refractivity contribution in [2.24, 2.45) is 11.7 Å². The van der Waals surface area contributed by atoms with Gasteiger partial charge in [0, 0.05) is 38.5 Å². The number of primary amides is 1. The highest BCUT2D eigenvalue weighted by atomic mass is 32.2. The molecule has 3 rings (SSSR count). The van der Waals surface area contributed by atoms with Gasteiger partial charge in [-0.3, -0.25) is 9.59 Å². The number of carbonyl (C=O) groups is 2. The Hall–Kier alpha value is -1.93. The smallest absolute Gasteiger partial charge is 0.243 e. The van der Waals surface area contributed by atoms with Crippen molar-refractivity contribution in [2.45, 2.75) is 56.3 Å². The third-order valence-electron chi connectivity index (χ3n) is 6.00. The van der Waals surface area contributed by atoms with Gasteiger partial charge in [0.15, 0.2) is 0 Å². The van der Waals surface area contributed by atoms with E-state index in [1.54, 1.807) is 33.5 Å². The number of sulfonamides is 1. The molecular weight excluding hydrogens is 390 g/mol. The molecule has 2 heterocycles. The molecule has 2 saturated heterocycles. The number of hydrogen-bond donors (Lipinski definition) is 1. The lowest BCUT2D eigenvalue weighted by Crippen LogP contribution is -2.41. The van der Waals surface area contributed by atoms with E-state index in [4.69, 9.17) is 5.73 Å². The van der Waals surface area contributed by atoms with Crippen LogP contribution in [0.5, 0.6) is 0 Å². The minimum atomic E-state index is -3.44. The summed E-state index contributed by atoms with van der Waals surface area (Å²) in [6.45, 7) is 2.31. The van der Waals surface area contributed by atoms with Gasteiger partial charge < -0.3 is 10.6 Å². The van der Waals surface area contributed by atoms with Crippen molar-refractivity contribution < 1.29 is 18.0 Å². The average molecular weight is 422 g/mol. The molecule has 8 heteroatoms. The van der Waals surface area contributed by atoms with Crippen molar-refractivity contribution in [1.29, 1.82) is 0 Å². The molecule has 0 aromatic heterocycles. The fourth-order valence-electron chi connectivity index (χ4n) is 4.08. The van der Waals surface area contributed by atoms with E-state index in [1.807, 2.05) is 0 Å². The number of nitrogens with two attached hydrogens (primary N) is 1. The van der Waals surface area contributed by atoms with Crippen molar-refractivity contribution in [3.8, 4) is 0 Å². The van der Waals surface area contributed by atoms with Gasteiger partial charge in [-0.25, -0.2) is 8.42 Å². The SMILES string of the molecule is NC(=O)C1CCN(C(=O)CCc2ccc(S(=O)(=O)N3CCCCCC3)cc2)CC1. The predicted molar refractivity (Wildman–Crippen MR) is 110 cm³/mol. The number of amides is 2. The Bertz CT molecular complexity index is 807. The normalized spacial score (nSPS) is 19.7. The Kier molecular flexibility index (Phi) is 7.29. The highest BCUT2D eigenvalue weighted by Gasteiger charge is 2.26. The van der Waals surface area contributed by atoms with E-state index >= 15 is 0 Å². The zero-order valence-electron chi connectivity index (χ0n) is 16.9. The molecule has 0 aliphatic carbocycles. The van der Waals surface area contributed by atoms with E-state index < -0.39 is 10.0 Å². The number of nitrogens with zero attached hydrogens (tertiary/aromatic N) is 2. The quantitative estimate of drug-likeness (QED) is 0.758. The van der Waals surface area contributed by atoms with Crippen LogP contribution in [0.1, 0.15) is 50.5 Å². The fraction of sp³-hybridized carbons (Fsp3) is 0.619. The van der Waals surface area contributed by atoms with Crippen LogP contribution in [0.15, 0.2) is 29.2 Å². The van der Waals surface area contributed by atoms with Crippen LogP contribution in [0, 0.1) is 5.92 Å². The molecule has 0 bridgehead atoms. The minimum Gasteiger partial charge on any atom is -0.369 e. The van der Waals surface area contributed by atoms with E-state index in [-0.39, 0.29) is 17.7 Å². The molecule has 2 N–H and O–H groups in total. The van der Waals surface area contributed by atoms with Crippen LogP contribution in [0.2, 0.25) is 0 Å². The molecule has 1 aromatic rings. The van der Waals surface area contributed by atoms with Crippen LogP contribution < -0.4 is 5.73 Å². The summed E-state index contributed by atoms with van der Waals surface area (Å²) in [5.74, 6) is -0.348. The largest absolute Gasteiger partial charge is 0.369 e. The summed E-state index contributed by atoms with van der Waals surface area (Å²) in [4.78, 5) is 25.8. The first-order valence-electron chi connectivity index (χ1n) is 10.5. The van der Waals surface area contributed by atoms with Crippen molar-refractivity contribution in [3.63, 3.8) is 0 Å². The zero-order chi connectivity index (χ0) is 20.9. The molecular formula is C21H31N3O4S. The number of aryl methyl sites for hydroxylation is 1. The summed E-state index contributed by atoms with van der Waals surface area (Å²) < 4.78 is 27.3. The molecule has 0 saturated carbocycles. The third kappa shape index (κ3) is 5.57. The molecule has 2 aliphatic rings. The molecule has 0 unspecified atom stereocenters. The molecule has 7 nitrogen and oxygen atoms in total. The van der Waals surface area contributed by atoms with Crippen molar-refractivity contribution >= 4 is 21.8 Å². The zero-order valence-corrected chi connectivity index (χ0v) is 17.7. The second-order valence-electron chi connectivity index (χ2n) is 8.02. The number of likely N-dealkylation sites (tertiary alicyclic amines) is 1. The molecule has 1 aromatic carbocycles. The van der Waals surface area contributed by atoms with E-state index in [1.165, 1.54) is 0 Å². The highest BCUT2D eigenvalue weighted by Crippen LogP contribution is 2.22. The Morgan fingerprint density at radius 1 is 0.931 bits per heavy atom. The lowest BCUT2D eigenvalue weighted by molar-refractivity contribution is -0.134. The Balaban J connectivity index is 1.53. The molecule has 2 fully saturated rings. The second-order valence-corrected chi connectivity index (χ2v) is 9.96. The monoisotopic (exact) mass is 421 g/mol. The molecule has 29 heavy (non-hydrogen) atoms. The highest BCUT2D eigenvalue weighted by molar-refractivity contribution is 7.89. The Morgan fingerprint density at radius 3 is 2.07 bits per heavy atom. The van der Waals surface area contributed by atoms with Gasteiger partial charge in [0.2, 0.25) is 21.8 Å². The van der Waals surface area contributed by atoms with Gasteiger partial charge in [-0.15, -0.1) is 0 Å². The average Bonchev–Trinajstić information content (AvgIpc) is 3.02. The van der Waals surface area contributed by atoms with Crippen LogP contribution in [0.25, 0.3) is 0 Å². The lowest BCUT2D eigenvalue weighted by Gasteiger charge is -2.30. The van der Waals surface area contributed by atoms with Gasteiger partial charge in [-0.1, -0.05) is 25.0 Å². The van der Waals surface area contributed by atoms with E-state index in [9.17, 15) is 18.0 Å². The van der Waals surface area contributed by atoms with Gasteiger partial charge in [-0.2, -0.15) is 4.31 Å². The topological polar surface area (TPSA) is 101 Å². The summed E-state index contributed by atoms with van der Waals surface area (Å²) in [7, 11) is -3.44. The third-order valence-corrected chi connectivity index (χ3v) is 7.92. The number of piperidine rings is 1. The van der Waals surface area contributed by atoms with Crippen molar-refractivity contribution in [3.05, 3.63) is 29.8 Å². The van der Waals surface area contributed by atoms with E-state index in [0.29, 0.717) is 56.8 Å². The first-order valence-corrected chi connectivity index (χ1v) is 12.0. The number of hydrogen-bond acceptors (Lipinski definition) is 4. The Labute approximate surface area is 173 Å². The number of rotatable bonds is 6. The van der Waals surface area contributed by atoms with Crippen LogP contribution in [0.3, 0.4) is 0 Å². The summed E-state index contributed by atoms with van der Waals surface area (Å²) in [5.41, 5.74) is 6.28. The number of benzene rings is 1. The molecule has 2 amide bonds. The maximum absolute atomic E-state index is 12.8. The molecule has 0 spiro atoms. The van der Waals surface area contributed by atoms with Gasteiger partial charge >= 0.3 is 0 Å². The predicted octanol–water partition coefficient (Wildman–Crippen LogP) is 1.91. The fourth-order valence-corrected chi connectivity index (χ4v) is 5.60. The van der Waals surface area contributed by atoms with E-state index in [0.717, 1.165) is 31.2 Å². The van der Waals surface area contributed by atoms with E-state index in [2.05, 4.69) is 0 Å². The summed E-state index contributed by atoms with van der Waals surface area (Å²) in [5, 5.41) is 0. The van der Waals surface area contributed by atoms with Crippen LogP contribution in [0.4, 0.5) is 0 Å². The minimum absolute atomic E-state index is 0.0641. The Morgan fingerprint density at radius 2 is 1.52 bits per heavy atom. The first-order chi connectivity index (χ1) is 13.9. The van der Waals surface area contributed by atoms with Gasteiger partial charge in [0.05, 0.1) is 4.90 Å². The van der Waals surface area contributed by atoms with Crippen molar-refractivity contribution in [1.82, 2.24) is 9.21 Å². The maximum atomic E-state index is 12.8. The molecule has 2 aliphatic heterocycles. The van der Waals surface area contributed by atoms with Gasteiger partial charge in [-0.05, 0) is 49.8 Å². The summed E-state index contributed by atoms with van der Waals surface area (Å²) in [6, 6.07) is 6.91. The molecule has 0 radical (unpaired) electrons. The van der Waals surface area contributed by atoms with Crippen LogP contribution >= 0.6 is 0 Å². The molecule has 0 atom stereocenters. The van der Waals surface area contributed by atoms with Gasteiger partial charge in [0.1, 0.15) is 0 Å².